The maximum Gasteiger partial charge on any atom is 0.271 e. The zero-order chi connectivity index (χ0) is 14.6. The number of anilines is 1. The Labute approximate surface area is 119 Å². The molecule has 1 aromatic rings. The molecular weight excluding hydrogens is 260 g/mol. The van der Waals surface area contributed by atoms with Gasteiger partial charge in [0.1, 0.15) is 5.82 Å². The monoisotopic (exact) mass is 282 g/mol. The van der Waals surface area contributed by atoms with Gasteiger partial charge in [-0.15, -0.1) is 10.2 Å². The van der Waals surface area contributed by atoms with Crippen molar-refractivity contribution in [3.63, 3.8) is 0 Å². The Morgan fingerprint density at radius 1 is 1.20 bits per heavy atom. The van der Waals surface area contributed by atoms with Crippen molar-refractivity contribution < 1.29 is 14.3 Å². The Morgan fingerprint density at radius 3 is 2.70 bits per heavy atom. The molecule has 1 heterocycles. The zero-order valence-corrected chi connectivity index (χ0v) is 12.0. The maximum absolute atomic E-state index is 11.7. The lowest BCUT2D eigenvalue weighted by Gasteiger charge is -2.05. The van der Waals surface area contributed by atoms with Gasteiger partial charge in [0.2, 0.25) is 0 Å². The first-order chi connectivity index (χ1) is 9.77. The van der Waals surface area contributed by atoms with Gasteiger partial charge in [0.15, 0.2) is 5.69 Å². The van der Waals surface area contributed by atoms with E-state index in [2.05, 4.69) is 20.8 Å². The molecule has 0 aliphatic carbocycles. The van der Waals surface area contributed by atoms with E-state index in [4.69, 9.17) is 9.47 Å². The van der Waals surface area contributed by atoms with Crippen molar-refractivity contribution in [3.05, 3.63) is 17.8 Å². The van der Waals surface area contributed by atoms with Crippen LogP contribution in [0.3, 0.4) is 0 Å². The second-order valence-corrected chi connectivity index (χ2v) is 4.12. The molecule has 7 heteroatoms. The summed E-state index contributed by atoms with van der Waals surface area (Å²) in [7, 11) is 3.39. The molecule has 0 saturated heterocycles. The van der Waals surface area contributed by atoms with Gasteiger partial charge < -0.3 is 20.1 Å². The van der Waals surface area contributed by atoms with Gasteiger partial charge in [0, 0.05) is 27.3 Å². The summed E-state index contributed by atoms with van der Waals surface area (Å²) in [6, 6.07) is 3.35. The Balaban J connectivity index is 2.10. The molecule has 0 atom stereocenters. The second kappa shape index (κ2) is 10.1. The third-order valence-electron chi connectivity index (χ3n) is 2.59. The number of unbranched alkanes of at least 4 members (excludes halogenated alkanes) is 1. The Kier molecular flexibility index (Phi) is 8.25. The fourth-order valence-corrected chi connectivity index (χ4v) is 1.45. The lowest BCUT2D eigenvalue weighted by molar-refractivity contribution is 0.0686. The van der Waals surface area contributed by atoms with Crippen LogP contribution in [0.4, 0.5) is 5.82 Å². The first kappa shape index (κ1) is 16.3. The molecule has 1 rings (SSSR count). The Morgan fingerprint density at radius 2 is 2.05 bits per heavy atom. The fraction of sp³-hybridized carbons (Fsp3) is 0.615. The van der Waals surface area contributed by atoms with Crippen LogP contribution < -0.4 is 10.6 Å². The molecule has 0 fully saturated rings. The molecule has 0 spiro atoms. The molecule has 0 radical (unpaired) electrons. The molecule has 0 bridgehead atoms. The molecular formula is C13H22N4O3. The van der Waals surface area contributed by atoms with Crippen molar-refractivity contribution in [2.24, 2.45) is 0 Å². The number of carbonyl (C=O) groups is 1. The smallest absolute Gasteiger partial charge is 0.271 e. The van der Waals surface area contributed by atoms with E-state index in [0.29, 0.717) is 37.9 Å². The molecule has 7 nitrogen and oxygen atoms in total. The van der Waals surface area contributed by atoms with E-state index in [1.165, 1.54) is 0 Å². The van der Waals surface area contributed by atoms with Gasteiger partial charge in [0.05, 0.1) is 13.2 Å². The molecule has 1 amide bonds. The number of methoxy groups -OCH3 is 1. The van der Waals surface area contributed by atoms with Crippen LogP contribution in [-0.2, 0) is 9.47 Å². The fourth-order valence-electron chi connectivity index (χ4n) is 1.45. The van der Waals surface area contributed by atoms with Gasteiger partial charge in [-0.05, 0) is 25.0 Å². The number of amides is 1. The highest BCUT2D eigenvalue weighted by Gasteiger charge is 2.06. The van der Waals surface area contributed by atoms with Gasteiger partial charge in [0.25, 0.3) is 5.91 Å². The number of carbonyl (C=O) groups excluding carboxylic acids is 1. The molecule has 112 valence electrons. The summed E-state index contributed by atoms with van der Waals surface area (Å²) >= 11 is 0. The van der Waals surface area contributed by atoms with E-state index in [0.717, 1.165) is 12.8 Å². The summed E-state index contributed by atoms with van der Waals surface area (Å²) in [5, 5.41) is 13.3. The van der Waals surface area contributed by atoms with Crippen LogP contribution in [0.2, 0.25) is 0 Å². The number of aromatic nitrogens is 2. The van der Waals surface area contributed by atoms with Crippen molar-refractivity contribution >= 4 is 11.7 Å². The predicted molar refractivity (Wildman–Crippen MR) is 75.8 cm³/mol. The highest BCUT2D eigenvalue weighted by atomic mass is 16.5. The zero-order valence-electron chi connectivity index (χ0n) is 12.0. The van der Waals surface area contributed by atoms with E-state index < -0.39 is 0 Å². The molecule has 1 aromatic heterocycles. The van der Waals surface area contributed by atoms with E-state index in [-0.39, 0.29) is 5.91 Å². The first-order valence-electron chi connectivity index (χ1n) is 6.64. The number of nitrogens with zero attached hydrogens (tertiary/aromatic N) is 2. The standard InChI is InChI=1S/C13H22N4O3/c1-14-12-6-5-11(16-17-12)13(18)15-7-3-4-8-20-10-9-19-2/h5-6H,3-4,7-10H2,1-2H3,(H,14,17)(H,15,18). The quantitative estimate of drug-likeness (QED) is 0.614. The number of nitrogens with one attached hydrogen (secondary N) is 2. The van der Waals surface area contributed by atoms with Gasteiger partial charge >= 0.3 is 0 Å². The minimum absolute atomic E-state index is 0.208. The third-order valence-corrected chi connectivity index (χ3v) is 2.59. The van der Waals surface area contributed by atoms with E-state index >= 15 is 0 Å². The van der Waals surface area contributed by atoms with Crippen molar-refractivity contribution in [2.45, 2.75) is 12.8 Å². The predicted octanol–water partition coefficient (Wildman–Crippen LogP) is 0.691. The number of hydrogen-bond acceptors (Lipinski definition) is 6. The largest absolute Gasteiger partial charge is 0.382 e. The topological polar surface area (TPSA) is 85.4 Å². The Bertz CT molecular complexity index is 384. The van der Waals surface area contributed by atoms with Crippen molar-refractivity contribution in [1.29, 1.82) is 0 Å². The van der Waals surface area contributed by atoms with Crippen LogP contribution in [0.1, 0.15) is 23.3 Å². The molecule has 0 aliphatic rings. The lowest BCUT2D eigenvalue weighted by atomic mass is 10.3. The Hall–Kier alpha value is -1.73. The molecule has 20 heavy (non-hydrogen) atoms. The summed E-state index contributed by atoms with van der Waals surface area (Å²) in [4.78, 5) is 11.7. The second-order valence-electron chi connectivity index (χ2n) is 4.12. The SMILES string of the molecule is CNc1ccc(C(=O)NCCCCOCCOC)nn1. The lowest BCUT2D eigenvalue weighted by Crippen LogP contribution is -2.25. The average molecular weight is 282 g/mol. The van der Waals surface area contributed by atoms with Crippen molar-refractivity contribution in [2.75, 3.05) is 45.8 Å². The third kappa shape index (κ3) is 6.44. The number of hydrogen-bond donors (Lipinski definition) is 2. The molecule has 0 saturated carbocycles. The number of ether oxygens (including phenoxy) is 2. The van der Waals surface area contributed by atoms with E-state index in [1.54, 1.807) is 26.3 Å². The van der Waals surface area contributed by atoms with Crippen LogP contribution in [-0.4, -0.2) is 56.6 Å². The minimum Gasteiger partial charge on any atom is -0.382 e. The highest BCUT2D eigenvalue weighted by Crippen LogP contribution is 2.00. The summed E-state index contributed by atoms with van der Waals surface area (Å²) in [6.07, 6.45) is 1.76. The normalized spacial score (nSPS) is 10.3. The molecule has 0 unspecified atom stereocenters. The highest BCUT2D eigenvalue weighted by molar-refractivity contribution is 5.92. The molecule has 0 aliphatic heterocycles. The maximum atomic E-state index is 11.7. The van der Waals surface area contributed by atoms with Crippen LogP contribution in [0, 0.1) is 0 Å². The van der Waals surface area contributed by atoms with Gasteiger partial charge in [-0.25, -0.2) is 0 Å². The summed E-state index contributed by atoms with van der Waals surface area (Å²) in [5.41, 5.74) is 0.320. The summed E-state index contributed by atoms with van der Waals surface area (Å²) < 4.78 is 10.2. The van der Waals surface area contributed by atoms with Gasteiger partial charge in [-0.3, -0.25) is 4.79 Å². The van der Waals surface area contributed by atoms with E-state index in [1.807, 2.05) is 0 Å². The summed E-state index contributed by atoms with van der Waals surface area (Å²) in [6.45, 7) is 2.49. The molecule has 2 N–H and O–H groups in total. The average Bonchev–Trinajstić information content (AvgIpc) is 2.50. The number of rotatable bonds is 10. The van der Waals surface area contributed by atoms with Gasteiger partial charge in [-0.2, -0.15) is 0 Å². The van der Waals surface area contributed by atoms with Crippen LogP contribution in [0.15, 0.2) is 12.1 Å². The van der Waals surface area contributed by atoms with E-state index in [9.17, 15) is 4.79 Å². The van der Waals surface area contributed by atoms with Crippen LogP contribution >= 0.6 is 0 Å². The molecule has 0 aromatic carbocycles. The van der Waals surface area contributed by atoms with Crippen LogP contribution in [0.25, 0.3) is 0 Å². The van der Waals surface area contributed by atoms with Crippen molar-refractivity contribution in [1.82, 2.24) is 15.5 Å². The summed E-state index contributed by atoms with van der Waals surface area (Å²) in [5.74, 6) is 0.426. The minimum atomic E-state index is -0.208. The van der Waals surface area contributed by atoms with Crippen LogP contribution in [0.5, 0.6) is 0 Å². The van der Waals surface area contributed by atoms with Crippen molar-refractivity contribution in [3.8, 4) is 0 Å². The van der Waals surface area contributed by atoms with Gasteiger partial charge in [-0.1, -0.05) is 0 Å². The first-order valence-corrected chi connectivity index (χ1v) is 6.64.